The van der Waals surface area contributed by atoms with Gasteiger partial charge in [-0.3, -0.25) is 0 Å². The fourth-order valence-corrected chi connectivity index (χ4v) is 8.87. The maximum atomic E-state index is 4.83. The lowest BCUT2D eigenvalue weighted by molar-refractivity contribution is 0.0543. The lowest BCUT2D eigenvalue weighted by atomic mass is 9.41. The Morgan fingerprint density at radius 2 is 1.53 bits per heavy atom. The van der Waals surface area contributed by atoms with Crippen molar-refractivity contribution in [2.24, 2.45) is 16.2 Å². The third kappa shape index (κ3) is 3.70. The van der Waals surface area contributed by atoms with Gasteiger partial charge in [-0.15, -0.1) is 0 Å². The minimum atomic E-state index is -0.104. The summed E-state index contributed by atoms with van der Waals surface area (Å²) < 4.78 is 0. The molecule has 3 aliphatic carbocycles. The molecule has 0 spiro atoms. The van der Waals surface area contributed by atoms with Crippen LogP contribution in [0.2, 0.25) is 0 Å². The van der Waals surface area contributed by atoms with Crippen molar-refractivity contribution in [3.8, 4) is 0 Å². The van der Waals surface area contributed by atoms with E-state index >= 15 is 0 Å². The lowest BCUT2D eigenvalue weighted by Crippen LogP contribution is -2.52. The standard InChI is InChI=1S/C38H46/c1-23(2)33-26(5)20-37(10)22-36(9)21-32-31(19-17-30-15-12-24(3)13-16-30)18-14-25(4)34(32)27(6)35(36)29(8)38(37,11)28(33)7/h12-16,18H,1,6-7,17,19-22H2,2-5,8-11H3/t36-,37+,38-/m1/s1. The molecule has 38 heavy (non-hydrogen) atoms. The van der Waals surface area contributed by atoms with E-state index in [1.807, 2.05) is 0 Å². The fourth-order valence-electron chi connectivity index (χ4n) is 8.87. The summed E-state index contributed by atoms with van der Waals surface area (Å²) in [5.41, 5.74) is 18.0. The zero-order chi connectivity index (χ0) is 27.8. The first-order chi connectivity index (χ1) is 17.7. The predicted octanol–water partition coefficient (Wildman–Crippen LogP) is 10.2. The summed E-state index contributed by atoms with van der Waals surface area (Å²) in [6.07, 6.45) is 5.48. The number of fused-ring (bicyclic) bond motifs is 3. The Hall–Kier alpha value is -2.86. The quantitative estimate of drug-likeness (QED) is 0.390. The van der Waals surface area contributed by atoms with Gasteiger partial charge in [0.15, 0.2) is 0 Å². The van der Waals surface area contributed by atoms with Crippen molar-refractivity contribution in [1.82, 2.24) is 0 Å². The van der Waals surface area contributed by atoms with E-state index in [4.69, 9.17) is 13.2 Å². The Kier molecular flexibility index (Phi) is 6.22. The molecule has 0 aliphatic heterocycles. The minimum absolute atomic E-state index is 0.0656. The zero-order valence-electron chi connectivity index (χ0n) is 25.1. The van der Waals surface area contributed by atoms with Crippen LogP contribution in [0.15, 0.2) is 89.6 Å². The zero-order valence-corrected chi connectivity index (χ0v) is 25.1. The van der Waals surface area contributed by atoms with E-state index in [2.05, 4.69) is 98.4 Å². The number of aryl methyl sites for hydroxylation is 4. The van der Waals surface area contributed by atoms with Gasteiger partial charge in [-0.25, -0.2) is 0 Å². The van der Waals surface area contributed by atoms with Gasteiger partial charge < -0.3 is 0 Å². The van der Waals surface area contributed by atoms with E-state index in [0.717, 1.165) is 37.7 Å². The second-order valence-corrected chi connectivity index (χ2v) is 13.6. The molecule has 198 valence electrons. The molecule has 0 bridgehead atoms. The summed E-state index contributed by atoms with van der Waals surface area (Å²) in [6, 6.07) is 13.8. The Morgan fingerprint density at radius 3 is 2.16 bits per heavy atom. The summed E-state index contributed by atoms with van der Waals surface area (Å²) in [6.45, 7) is 32.7. The van der Waals surface area contributed by atoms with Crippen LogP contribution in [-0.2, 0) is 19.3 Å². The molecule has 0 amide bonds. The van der Waals surface area contributed by atoms with Gasteiger partial charge in [0, 0.05) is 5.41 Å². The van der Waals surface area contributed by atoms with Crippen molar-refractivity contribution in [2.75, 3.05) is 0 Å². The summed E-state index contributed by atoms with van der Waals surface area (Å²) in [4.78, 5) is 0. The van der Waals surface area contributed by atoms with Crippen LogP contribution in [0, 0.1) is 30.1 Å². The summed E-state index contributed by atoms with van der Waals surface area (Å²) in [7, 11) is 0. The summed E-state index contributed by atoms with van der Waals surface area (Å²) in [5, 5.41) is 0. The molecule has 5 rings (SSSR count). The van der Waals surface area contributed by atoms with Crippen LogP contribution in [0.25, 0.3) is 5.57 Å². The molecule has 3 aliphatic rings. The van der Waals surface area contributed by atoms with Gasteiger partial charge in [0.1, 0.15) is 0 Å². The monoisotopic (exact) mass is 502 g/mol. The molecule has 0 saturated heterocycles. The largest absolute Gasteiger partial charge is 0.0955 e. The predicted molar refractivity (Wildman–Crippen MR) is 165 cm³/mol. The average molecular weight is 503 g/mol. The Balaban J connectivity index is 1.63. The highest BCUT2D eigenvalue weighted by Gasteiger charge is 2.59. The van der Waals surface area contributed by atoms with Gasteiger partial charge in [-0.1, -0.05) is 99.2 Å². The first-order valence-electron chi connectivity index (χ1n) is 14.4. The number of benzene rings is 2. The van der Waals surface area contributed by atoms with Crippen LogP contribution in [0.3, 0.4) is 0 Å². The van der Waals surface area contributed by atoms with Crippen LogP contribution in [0.1, 0.15) is 87.8 Å². The van der Waals surface area contributed by atoms with Crippen molar-refractivity contribution in [3.63, 3.8) is 0 Å². The van der Waals surface area contributed by atoms with Crippen molar-refractivity contribution in [3.05, 3.63) is 123 Å². The number of rotatable bonds is 4. The first kappa shape index (κ1) is 26.7. The molecule has 0 nitrogen and oxygen atoms in total. The van der Waals surface area contributed by atoms with Crippen LogP contribution >= 0.6 is 0 Å². The van der Waals surface area contributed by atoms with E-state index in [1.54, 1.807) is 0 Å². The van der Waals surface area contributed by atoms with E-state index in [9.17, 15) is 0 Å². The van der Waals surface area contributed by atoms with Crippen LogP contribution in [0.5, 0.6) is 0 Å². The lowest BCUT2D eigenvalue weighted by Gasteiger charge is -2.62. The van der Waals surface area contributed by atoms with Gasteiger partial charge in [-0.2, -0.15) is 0 Å². The smallest absolute Gasteiger partial charge is 0.0194 e. The third-order valence-electron chi connectivity index (χ3n) is 10.7. The van der Waals surface area contributed by atoms with Crippen molar-refractivity contribution >= 4 is 5.57 Å². The minimum Gasteiger partial charge on any atom is -0.0955 e. The fraction of sp³-hybridized carbons (Fsp3) is 0.421. The van der Waals surface area contributed by atoms with Crippen LogP contribution in [-0.4, -0.2) is 0 Å². The maximum Gasteiger partial charge on any atom is 0.0194 e. The van der Waals surface area contributed by atoms with Crippen molar-refractivity contribution < 1.29 is 0 Å². The van der Waals surface area contributed by atoms with E-state index in [1.165, 1.54) is 66.8 Å². The van der Waals surface area contributed by atoms with E-state index < -0.39 is 0 Å². The van der Waals surface area contributed by atoms with E-state index in [-0.39, 0.29) is 16.2 Å². The van der Waals surface area contributed by atoms with Gasteiger partial charge in [-0.05, 0) is 128 Å². The van der Waals surface area contributed by atoms with Gasteiger partial charge >= 0.3 is 0 Å². The molecule has 0 aromatic heterocycles. The SMILES string of the molecule is C=C(C)C1=C(C)C[C@@]2(C)C[C@@]3(C)Cc4c(CCc5ccc(C)cc5)ccc(C)c4C(=C)C3=C(C)[C@@]2(C)C1=C. The van der Waals surface area contributed by atoms with Gasteiger partial charge in [0.2, 0.25) is 0 Å². The number of hydrogen-bond donors (Lipinski definition) is 0. The maximum absolute atomic E-state index is 4.83. The molecule has 0 fully saturated rings. The molecule has 2 aromatic rings. The Labute approximate surface area is 232 Å². The highest BCUT2D eigenvalue weighted by atomic mass is 14.6. The molecule has 0 radical (unpaired) electrons. The molecule has 2 aromatic carbocycles. The molecule has 0 heteroatoms. The van der Waals surface area contributed by atoms with Crippen LogP contribution < -0.4 is 0 Å². The normalized spacial score (nSPS) is 28.7. The second kappa shape index (κ2) is 8.84. The average Bonchev–Trinajstić information content (AvgIpc) is 2.81. The van der Waals surface area contributed by atoms with E-state index in [0.29, 0.717) is 0 Å². The van der Waals surface area contributed by atoms with Gasteiger partial charge in [0.05, 0.1) is 0 Å². The van der Waals surface area contributed by atoms with Crippen molar-refractivity contribution in [1.29, 1.82) is 0 Å². The summed E-state index contributed by atoms with van der Waals surface area (Å²) >= 11 is 0. The third-order valence-corrected chi connectivity index (χ3v) is 10.7. The van der Waals surface area contributed by atoms with Gasteiger partial charge in [0.25, 0.3) is 0 Å². The van der Waals surface area contributed by atoms with Crippen LogP contribution in [0.4, 0.5) is 0 Å². The topological polar surface area (TPSA) is 0 Å². The molecule has 0 heterocycles. The molecular formula is C38H46. The molecule has 0 unspecified atom stereocenters. The highest BCUT2D eigenvalue weighted by molar-refractivity contribution is 5.87. The second-order valence-electron chi connectivity index (χ2n) is 13.6. The highest BCUT2D eigenvalue weighted by Crippen LogP contribution is 2.70. The molecular weight excluding hydrogens is 456 g/mol. The number of allylic oxidation sites excluding steroid dienone is 7. The van der Waals surface area contributed by atoms with Crippen molar-refractivity contribution in [2.45, 2.75) is 87.5 Å². The Bertz CT molecular complexity index is 1450. The molecule has 0 N–H and O–H groups in total. The Morgan fingerprint density at radius 1 is 0.868 bits per heavy atom. The molecule has 3 atom stereocenters. The molecule has 0 saturated carbocycles. The summed E-state index contributed by atoms with van der Waals surface area (Å²) in [5.74, 6) is 0. The first-order valence-corrected chi connectivity index (χ1v) is 14.4. The number of hydrogen-bond acceptors (Lipinski definition) is 0.